The minimum Gasteiger partial charge on any atom is -0.507 e. The lowest BCUT2D eigenvalue weighted by molar-refractivity contribution is -0.170. The minimum absolute atomic E-state index is 0.0700. The Hall–Kier alpha value is -1.88. The molecule has 128 valence electrons. The van der Waals surface area contributed by atoms with Gasteiger partial charge in [-0.05, 0) is 49.1 Å². The number of primary amides is 1. The first kappa shape index (κ1) is 15.6. The zero-order valence-corrected chi connectivity index (χ0v) is 13.8. The molecule has 0 aromatic heterocycles. The van der Waals surface area contributed by atoms with Gasteiger partial charge in [0.1, 0.15) is 11.5 Å². The summed E-state index contributed by atoms with van der Waals surface area (Å²) < 4.78 is 0. The van der Waals surface area contributed by atoms with Gasteiger partial charge in [0.2, 0.25) is 0 Å². The number of aliphatic hydroxyl groups is 1. The maximum Gasteiger partial charge on any atom is 0.252 e. The monoisotopic (exact) mass is 329 g/mol. The van der Waals surface area contributed by atoms with Crippen molar-refractivity contribution in [3.05, 3.63) is 28.8 Å². The van der Waals surface area contributed by atoms with Crippen LogP contribution in [0.15, 0.2) is 12.1 Å². The molecule has 2 saturated carbocycles. The zero-order valence-electron chi connectivity index (χ0n) is 13.8. The average molecular weight is 329 g/mol. The molecular weight excluding hydrogens is 306 g/mol. The van der Waals surface area contributed by atoms with Crippen LogP contribution in [0, 0.1) is 11.8 Å². The van der Waals surface area contributed by atoms with Crippen molar-refractivity contribution in [3.63, 3.8) is 0 Å². The number of rotatable bonds is 1. The number of fused-ring (bicyclic) bond motifs is 1. The predicted molar refractivity (Wildman–Crippen MR) is 87.7 cm³/mol. The molecule has 1 amide bonds. The van der Waals surface area contributed by atoms with Gasteiger partial charge in [0.05, 0.1) is 11.2 Å². The molecule has 0 heterocycles. The number of hydrogen-bond donors (Lipinski definition) is 3. The molecule has 4 rings (SSSR count). The molecule has 4 atom stereocenters. The third-order valence-corrected chi connectivity index (χ3v) is 6.89. The summed E-state index contributed by atoms with van der Waals surface area (Å²) in [6, 6.07) is 3.39. The number of carbonyl (C=O) groups excluding carboxylic acids is 2. The average Bonchev–Trinajstić information content (AvgIpc) is 2.51. The van der Waals surface area contributed by atoms with Crippen LogP contribution in [0.2, 0.25) is 0 Å². The highest BCUT2D eigenvalue weighted by Gasteiger charge is 2.65. The van der Waals surface area contributed by atoms with Crippen LogP contribution in [0.25, 0.3) is 0 Å². The number of ketones is 1. The number of nitrogens with two attached hydrogens (primary N) is 1. The van der Waals surface area contributed by atoms with E-state index in [1.165, 1.54) is 0 Å². The predicted octanol–water partition coefficient (Wildman–Crippen LogP) is 1.82. The van der Waals surface area contributed by atoms with E-state index in [9.17, 15) is 19.8 Å². The van der Waals surface area contributed by atoms with Gasteiger partial charge >= 0.3 is 0 Å². The standard InChI is InChI=1S/C19H23NO4/c1-10-4-6-18-9-12(21)5-7-19(18,24)14(10)8-11-2-3-13(17(20)23)16(22)15(11)18/h2-3,10,14,22,24H,4-9H2,1H3,(H2,20,23)/t10?,14-,18?,19+/m0/s1. The first-order valence-corrected chi connectivity index (χ1v) is 8.69. The zero-order chi connectivity index (χ0) is 17.3. The second kappa shape index (κ2) is 4.82. The molecular formula is C19H23NO4. The van der Waals surface area contributed by atoms with Gasteiger partial charge in [-0.1, -0.05) is 13.0 Å². The molecule has 5 heteroatoms. The van der Waals surface area contributed by atoms with Crippen LogP contribution in [0.1, 0.15) is 60.5 Å². The van der Waals surface area contributed by atoms with Crippen molar-refractivity contribution in [1.82, 2.24) is 0 Å². The number of phenols is 1. The Morgan fingerprint density at radius 1 is 1.33 bits per heavy atom. The van der Waals surface area contributed by atoms with Crippen LogP contribution < -0.4 is 5.73 Å². The highest BCUT2D eigenvalue weighted by atomic mass is 16.3. The van der Waals surface area contributed by atoms with Crippen molar-refractivity contribution in [2.75, 3.05) is 0 Å². The highest BCUT2D eigenvalue weighted by molar-refractivity contribution is 5.96. The third kappa shape index (κ3) is 1.73. The number of aromatic hydroxyl groups is 1. The number of carbonyl (C=O) groups is 2. The summed E-state index contributed by atoms with van der Waals surface area (Å²) in [7, 11) is 0. The summed E-state index contributed by atoms with van der Waals surface area (Å²) in [4.78, 5) is 24.0. The quantitative estimate of drug-likeness (QED) is 0.731. The molecule has 24 heavy (non-hydrogen) atoms. The normalized spacial score (nSPS) is 37.5. The van der Waals surface area contributed by atoms with Crippen LogP contribution in [0.5, 0.6) is 5.75 Å². The maximum atomic E-state index is 12.3. The summed E-state index contributed by atoms with van der Waals surface area (Å²) >= 11 is 0. The van der Waals surface area contributed by atoms with E-state index in [2.05, 4.69) is 6.92 Å². The number of amides is 1. The van der Waals surface area contributed by atoms with Gasteiger partial charge in [0, 0.05) is 23.8 Å². The Labute approximate surface area is 140 Å². The lowest BCUT2D eigenvalue weighted by Gasteiger charge is -2.62. The van der Waals surface area contributed by atoms with Gasteiger partial charge in [0.15, 0.2) is 0 Å². The fourth-order valence-electron chi connectivity index (χ4n) is 5.71. The molecule has 0 aliphatic heterocycles. The van der Waals surface area contributed by atoms with Gasteiger partial charge in [-0.3, -0.25) is 9.59 Å². The van der Waals surface area contributed by atoms with Crippen molar-refractivity contribution in [2.24, 2.45) is 17.6 Å². The largest absolute Gasteiger partial charge is 0.507 e. The van der Waals surface area contributed by atoms with Gasteiger partial charge in [-0.2, -0.15) is 0 Å². The maximum absolute atomic E-state index is 12.3. The first-order chi connectivity index (χ1) is 11.3. The number of hydrogen-bond acceptors (Lipinski definition) is 4. The van der Waals surface area contributed by atoms with E-state index in [-0.39, 0.29) is 29.4 Å². The Bertz CT molecular complexity index is 758. The van der Waals surface area contributed by atoms with Crippen molar-refractivity contribution >= 4 is 11.7 Å². The SMILES string of the molecule is CC1CCC23CC(=O)CC[C@@]2(O)[C@H]1Cc1ccc(C(N)=O)c(O)c13. The minimum atomic E-state index is -1.00. The van der Waals surface area contributed by atoms with E-state index < -0.39 is 16.9 Å². The Balaban J connectivity index is 2.02. The Morgan fingerprint density at radius 3 is 2.79 bits per heavy atom. The molecule has 2 unspecified atom stereocenters. The second-order valence-corrected chi connectivity index (χ2v) is 7.91. The summed E-state index contributed by atoms with van der Waals surface area (Å²) in [5.74, 6) is -0.275. The molecule has 2 bridgehead atoms. The lowest BCUT2D eigenvalue weighted by Crippen LogP contribution is -2.66. The summed E-state index contributed by atoms with van der Waals surface area (Å²) in [6.45, 7) is 2.16. The van der Waals surface area contributed by atoms with Crippen LogP contribution in [-0.2, 0) is 16.6 Å². The van der Waals surface area contributed by atoms with Crippen LogP contribution in [-0.4, -0.2) is 27.5 Å². The number of benzene rings is 1. The molecule has 3 aliphatic carbocycles. The number of Topliss-reactive ketones (excluding diaryl/α,β-unsaturated/α-hetero) is 1. The van der Waals surface area contributed by atoms with E-state index in [1.54, 1.807) is 6.07 Å². The lowest BCUT2D eigenvalue weighted by atomic mass is 9.44. The van der Waals surface area contributed by atoms with E-state index in [0.29, 0.717) is 37.2 Å². The van der Waals surface area contributed by atoms with Gasteiger partial charge in [-0.25, -0.2) is 0 Å². The van der Waals surface area contributed by atoms with Crippen molar-refractivity contribution < 1.29 is 19.8 Å². The summed E-state index contributed by atoms with van der Waals surface area (Å²) in [6.07, 6.45) is 3.26. The third-order valence-electron chi connectivity index (χ3n) is 6.89. The van der Waals surface area contributed by atoms with E-state index in [1.807, 2.05) is 6.07 Å². The van der Waals surface area contributed by atoms with E-state index in [0.717, 1.165) is 12.0 Å². The highest BCUT2D eigenvalue weighted by Crippen LogP contribution is 2.63. The molecule has 4 N–H and O–H groups in total. The van der Waals surface area contributed by atoms with Gasteiger partial charge < -0.3 is 15.9 Å². The fraction of sp³-hybridized carbons (Fsp3) is 0.579. The van der Waals surface area contributed by atoms with Crippen LogP contribution in [0.4, 0.5) is 0 Å². The Kier molecular flexibility index (Phi) is 3.14. The molecule has 0 spiro atoms. The summed E-state index contributed by atoms with van der Waals surface area (Å²) in [5, 5.41) is 22.5. The first-order valence-electron chi connectivity index (χ1n) is 8.69. The smallest absolute Gasteiger partial charge is 0.252 e. The van der Waals surface area contributed by atoms with E-state index in [4.69, 9.17) is 5.73 Å². The molecule has 1 aromatic carbocycles. The second-order valence-electron chi connectivity index (χ2n) is 7.91. The molecule has 1 aromatic rings. The summed E-state index contributed by atoms with van der Waals surface area (Å²) in [5.41, 5.74) is 5.21. The van der Waals surface area contributed by atoms with Gasteiger partial charge in [-0.15, -0.1) is 0 Å². The molecule has 2 fully saturated rings. The molecule has 0 radical (unpaired) electrons. The van der Waals surface area contributed by atoms with Crippen molar-refractivity contribution in [1.29, 1.82) is 0 Å². The van der Waals surface area contributed by atoms with Gasteiger partial charge in [0.25, 0.3) is 5.91 Å². The molecule has 0 saturated heterocycles. The van der Waals surface area contributed by atoms with Crippen molar-refractivity contribution in [3.8, 4) is 5.75 Å². The van der Waals surface area contributed by atoms with Crippen LogP contribution in [0.3, 0.4) is 0 Å². The topological polar surface area (TPSA) is 101 Å². The Morgan fingerprint density at radius 2 is 2.08 bits per heavy atom. The fourth-order valence-corrected chi connectivity index (χ4v) is 5.71. The molecule has 5 nitrogen and oxygen atoms in total. The molecule has 3 aliphatic rings. The van der Waals surface area contributed by atoms with E-state index >= 15 is 0 Å². The van der Waals surface area contributed by atoms with Crippen LogP contribution >= 0.6 is 0 Å². The van der Waals surface area contributed by atoms with Crippen molar-refractivity contribution in [2.45, 2.75) is 56.5 Å².